The van der Waals surface area contributed by atoms with Gasteiger partial charge in [-0.05, 0) is 116 Å². The molecule has 7 heterocycles. The number of hydrogen-bond donors (Lipinski definition) is 3. The van der Waals surface area contributed by atoms with E-state index in [2.05, 4.69) is 30.3 Å². The van der Waals surface area contributed by atoms with Crippen LogP contribution in [-0.4, -0.2) is 125 Å². The Balaban J connectivity index is 0.690. The zero-order chi connectivity index (χ0) is 48.1. The molecule has 2 amide bonds. The number of halogens is 4. The van der Waals surface area contributed by atoms with Crippen LogP contribution < -0.4 is 25.2 Å². The minimum absolute atomic E-state index is 0.0185. The first-order valence-electron chi connectivity index (χ1n) is 25.3. The van der Waals surface area contributed by atoms with Gasteiger partial charge in [-0.25, -0.2) is 17.6 Å². The maximum Gasteiger partial charge on any atom is 0.319 e. The standard InChI is InChI=1S/C53H59F4N9O4/c1-2-36-40(54)7-3-30-19-35(67)22-38(44(30)36)47-46(57)48-39(23-58-47)49(66-24-31-4-5-32(25-66)59-31)62-51(61-48)70-29-53(13-14-53)28-63-26-52(27-63)11-9-33(10-12-52)64-15-17-65(18-16-64)34-20-41(55)45(42(56)21-34)37-6-8-43(68)60-50(37)69/h3,7,19-23,31-33,37,59,67H,2,4-6,8-18,24-29H2,1H3,(H,60,68,69). The summed E-state index contributed by atoms with van der Waals surface area (Å²) in [5.41, 5.74) is 1.27. The van der Waals surface area contributed by atoms with E-state index in [4.69, 9.17) is 14.7 Å². The number of fused-ring (bicyclic) bond motifs is 4. The minimum Gasteiger partial charge on any atom is -0.508 e. The third-order valence-corrected chi connectivity index (χ3v) is 16.9. The van der Waals surface area contributed by atoms with Crippen LogP contribution >= 0.6 is 0 Å². The van der Waals surface area contributed by atoms with Crippen LogP contribution in [0, 0.1) is 34.1 Å². The molecule has 7 aliphatic rings. The second kappa shape index (κ2) is 17.6. The van der Waals surface area contributed by atoms with Gasteiger partial charge in [0.05, 0.1) is 17.9 Å². The van der Waals surface area contributed by atoms with Gasteiger partial charge in [0, 0.05) is 112 Å². The molecule has 17 heteroatoms. The van der Waals surface area contributed by atoms with E-state index in [1.165, 1.54) is 24.3 Å². The number of aromatic hydroxyl groups is 1. The van der Waals surface area contributed by atoms with Crippen LogP contribution in [0.3, 0.4) is 0 Å². The van der Waals surface area contributed by atoms with E-state index in [1.54, 1.807) is 18.3 Å². The first-order valence-corrected chi connectivity index (χ1v) is 25.3. The summed E-state index contributed by atoms with van der Waals surface area (Å²) in [6, 6.07) is 9.84. The topological polar surface area (TPSA) is 139 Å². The van der Waals surface area contributed by atoms with Crippen molar-refractivity contribution < 1.29 is 37.0 Å². The number of ether oxygens (including phenoxy) is 1. The number of amides is 2. The quantitative estimate of drug-likeness (QED) is 0.0902. The number of hydrogen-bond acceptors (Lipinski definition) is 12. The van der Waals surface area contributed by atoms with Crippen LogP contribution in [0.4, 0.5) is 29.1 Å². The summed E-state index contributed by atoms with van der Waals surface area (Å²) >= 11 is 0. The van der Waals surface area contributed by atoms with E-state index in [1.807, 2.05) is 11.8 Å². The summed E-state index contributed by atoms with van der Waals surface area (Å²) in [4.78, 5) is 47.6. The van der Waals surface area contributed by atoms with Crippen molar-refractivity contribution in [1.82, 2.24) is 35.4 Å². The van der Waals surface area contributed by atoms with E-state index in [-0.39, 0.29) is 46.8 Å². The number of aromatic nitrogens is 3. The Morgan fingerprint density at radius 1 is 0.843 bits per heavy atom. The minimum atomic E-state index is -1.01. The molecule has 3 N–H and O–H groups in total. The molecule has 5 saturated heterocycles. The van der Waals surface area contributed by atoms with Crippen LogP contribution in [0.2, 0.25) is 0 Å². The van der Waals surface area contributed by atoms with Crippen LogP contribution in [0.25, 0.3) is 32.9 Å². The Hall–Kier alpha value is -5.65. The van der Waals surface area contributed by atoms with E-state index in [0.29, 0.717) is 88.4 Å². The lowest BCUT2D eigenvalue weighted by atomic mass is 9.67. The zero-order valence-electron chi connectivity index (χ0n) is 39.5. The number of carbonyl (C=O) groups excluding carboxylic acids is 2. The van der Waals surface area contributed by atoms with E-state index in [0.717, 1.165) is 97.2 Å². The van der Waals surface area contributed by atoms with Crippen LogP contribution in [0.15, 0.2) is 42.6 Å². The van der Waals surface area contributed by atoms with Gasteiger partial charge < -0.3 is 29.9 Å². The van der Waals surface area contributed by atoms with Crippen molar-refractivity contribution in [2.75, 3.05) is 75.3 Å². The highest BCUT2D eigenvalue weighted by atomic mass is 19.1. The lowest BCUT2D eigenvalue weighted by Gasteiger charge is -2.55. The van der Waals surface area contributed by atoms with Crippen molar-refractivity contribution in [2.24, 2.45) is 10.8 Å². The van der Waals surface area contributed by atoms with Crippen molar-refractivity contribution in [2.45, 2.75) is 102 Å². The number of imide groups is 1. The number of anilines is 2. The summed E-state index contributed by atoms with van der Waals surface area (Å²) in [6.45, 7) is 9.66. The highest BCUT2D eigenvalue weighted by molar-refractivity contribution is 6.02. The molecule has 70 heavy (non-hydrogen) atoms. The van der Waals surface area contributed by atoms with E-state index in [9.17, 15) is 14.7 Å². The van der Waals surface area contributed by atoms with Gasteiger partial charge in [-0.3, -0.25) is 24.8 Å². The van der Waals surface area contributed by atoms with Crippen molar-refractivity contribution in [3.63, 3.8) is 0 Å². The fraction of sp³-hybridized carbons (Fsp3) is 0.528. The van der Waals surface area contributed by atoms with Gasteiger partial charge in [0.25, 0.3) is 0 Å². The number of likely N-dealkylation sites (tertiary alicyclic amines) is 1. The monoisotopic (exact) mass is 961 g/mol. The molecule has 368 valence electrons. The predicted octanol–water partition coefficient (Wildman–Crippen LogP) is 7.36. The van der Waals surface area contributed by atoms with Gasteiger partial charge in [0.2, 0.25) is 11.8 Å². The number of rotatable bonds is 11. The smallest absolute Gasteiger partial charge is 0.319 e. The molecule has 7 fully saturated rings. The van der Waals surface area contributed by atoms with E-state index >= 15 is 17.6 Å². The zero-order valence-corrected chi connectivity index (χ0v) is 39.5. The van der Waals surface area contributed by atoms with Crippen LogP contribution in [0.1, 0.15) is 88.2 Å². The number of nitrogens with zero attached hydrogens (tertiary/aromatic N) is 7. The summed E-state index contributed by atoms with van der Waals surface area (Å²) in [6.07, 6.45) is 10.9. The average molecular weight is 962 g/mol. The van der Waals surface area contributed by atoms with Gasteiger partial charge in [-0.1, -0.05) is 13.0 Å². The molecule has 5 aliphatic heterocycles. The summed E-state index contributed by atoms with van der Waals surface area (Å²) in [5.74, 6) is -4.13. The third-order valence-electron chi connectivity index (χ3n) is 16.9. The number of phenolic OH excluding ortho intramolecular Hbond substituents is 1. The number of pyridine rings is 1. The Kier molecular flexibility index (Phi) is 11.4. The maximum atomic E-state index is 17.2. The lowest BCUT2D eigenvalue weighted by molar-refractivity contribution is -0.134. The molecule has 3 aromatic carbocycles. The molecule has 5 aromatic rings. The summed E-state index contributed by atoms with van der Waals surface area (Å²) in [5, 5.41) is 18.2. The molecule has 3 atom stereocenters. The number of nitrogens with one attached hydrogen (secondary N) is 2. The number of piperazine rings is 2. The van der Waals surface area contributed by atoms with Crippen molar-refractivity contribution in [1.29, 1.82) is 0 Å². The molecular weight excluding hydrogens is 903 g/mol. The Morgan fingerprint density at radius 2 is 1.57 bits per heavy atom. The largest absolute Gasteiger partial charge is 0.508 e. The molecule has 12 rings (SSSR count). The first kappa shape index (κ1) is 45.5. The second-order valence-corrected chi connectivity index (χ2v) is 21.5. The molecular formula is C53H59F4N9O4. The number of aryl methyl sites for hydroxylation is 1. The van der Waals surface area contributed by atoms with Crippen LogP contribution in [-0.2, 0) is 16.0 Å². The molecule has 3 unspecified atom stereocenters. The Labute approximate surface area is 404 Å². The maximum absolute atomic E-state index is 17.2. The number of piperidine rings is 1. The normalized spacial score (nSPS) is 24.7. The fourth-order valence-corrected chi connectivity index (χ4v) is 13.0. The van der Waals surface area contributed by atoms with Crippen molar-refractivity contribution >= 4 is 45.0 Å². The Morgan fingerprint density at radius 3 is 2.26 bits per heavy atom. The first-order chi connectivity index (χ1) is 33.8. The van der Waals surface area contributed by atoms with Gasteiger partial charge in [-0.15, -0.1) is 0 Å². The van der Waals surface area contributed by atoms with Crippen LogP contribution in [0.5, 0.6) is 11.8 Å². The highest BCUT2D eigenvalue weighted by Gasteiger charge is 2.52. The highest BCUT2D eigenvalue weighted by Crippen LogP contribution is 2.52. The van der Waals surface area contributed by atoms with Crippen molar-refractivity contribution in [3.05, 3.63) is 77.0 Å². The van der Waals surface area contributed by atoms with E-state index < -0.39 is 41.0 Å². The van der Waals surface area contributed by atoms with Gasteiger partial charge in [0.15, 0.2) is 5.82 Å². The third kappa shape index (κ3) is 8.28. The molecule has 2 bridgehead atoms. The van der Waals surface area contributed by atoms with Gasteiger partial charge >= 0.3 is 6.01 Å². The molecule has 0 radical (unpaired) electrons. The number of phenols is 1. The lowest BCUT2D eigenvalue weighted by Crippen LogP contribution is -2.60. The summed E-state index contributed by atoms with van der Waals surface area (Å²) < 4.78 is 69.5. The number of carbonyl (C=O) groups is 2. The van der Waals surface area contributed by atoms with Crippen molar-refractivity contribution in [3.8, 4) is 23.0 Å². The Bertz CT molecular complexity index is 2880. The summed E-state index contributed by atoms with van der Waals surface area (Å²) in [7, 11) is 0. The molecule has 2 saturated carbocycles. The average Bonchev–Trinajstić information content (AvgIpc) is 4.03. The fourth-order valence-electron chi connectivity index (χ4n) is 13.0. The number of benzene rings is 3. The second-order valence-electron chi connectivity index (χ2n) is 21.5. The molecule has 2 aliphatic carbocycles. The van der Waals surface area contributed by atoms with Gasteiger partial charge in [0.1, 0.15) is 40.2 Å². The van der Waals surface area contributed by atoms with Gasteiger partial charge in [-0.2, -0.15) is 9.97 Å². The molecule has 2 aromatic heterocycles. The molecule has 1 spiro atoms. The SMILES string of the molecule is CCc1c(F)ccc2cc(O)cc(-c3ncc4c(N5CC6CCC(C5)N6)nc(OCC5(CN6CC7(CCC(N8CCN(c9cc(F)c(C%10CCC(=O)NC%10=O)c(F)c9)CC8)CC7)C6)CC5)nc4c3F)c12. The molecule has 13 nitrogen and oxygen atoms in total. The predicted molar refractivity (Wildman–Crippen MR) is 257 cm³/mol.